The Morgan fingerprint density at radius 3 is 2.91 bits per heavy atom. The highest BCUT2D eigenvalue weighted by Crippen LogP contribution is 2.15. The average Bonchev–Trinajstić information content (AvgIpc) is 2.55. The zero-order chi connectivity index (χ0) is 7.68. The standard InChI is InChI=1S/C8H9N3/c1-11-8(3-5-10-11)7-2-4-9-6-7/h2-6,9H,1H3. The van der Waals surface area contributed by atoms with Crippen molar-refractivity contribution >= 4 is 0 Å². The lowest BCUT2D eigenvalue weighted by Crippen LogP contribution is -1.91. The maximum Gasteiger partial charge on any atom is 0.0694 e. The van der Waals surface area contributed by atoms with Crippen molar-refractivity contribution in [3.8, 4) is 11.3 Å². The van der Waals surface area contributed by atoms with Crippen molar-refractivity contribution < 1.29 is 0 Å². The number of hydrogen-bond donors (Lipinski definition) is 1. The first-order valence-corrected chi connectivity index (χ1v) is 3.49. The van der Waals surface area contributed by atoms with Crippen molar-refractivity contribution in [3.63, 3.8) is 0 Å². The molecule has 3 heteroatoms. The molecule has 0 aliphatic heterocycles. The lowest BCUT2D eigenvalue weighted by molar-refractivity contribution is 0.776. The lowest BCUT2D eigenvalue weighted by atomic mass is 10.2. The van der Waals surface area contributed by atoms with Crippen LogP contribution in [0.15, 0.2) is 30.7 Å². The van der Waals surface area contributed by atoms with E-state index in [0.29, 0.717) is 0 Å². The first kappa shape index (κ1) is 6.22. The van der Waals surface area contributed by atoms with Crippen LogP contribution < -0.4 is 0 Å². The highest BCUT2D eigenvalue weighted by Gasteiger charge is 2.00. The van der Waals surface area contributed by atoms with Gasteiger partial charge in [-0.05, 0) is 12.1 Å². The van der Waals surface area contributed by atoms with Crippen LogP contribution in [-0.2, 0) is 7.05 Å². The fourth-order valence-electron chi connectivity index (χ4n) is 1.14. The predicted octanol–water partition coefficient (Wildman–Crippen LogP) is 1.42. The Morgan fingerprint density at radius 1 is 1.45 bits per heavy atom. The molecule has 0 saturated carbocycles. The van der Waals surface area contributed by atoms with E-state index in [4.69, 9.17) is 0 Å². The van der Waals surface area contributed by atoms with Crippen molar-refractivity contribution in [2.75, 3.05) is 0 Å². The fourth-order valence-corrected chi connectivity index (χ4v) is 1.14. The van der Waals surface area contributed by atoms with Crippen molar-refractivity contribution in [3.05, 3.63) is 30.7 Å². The second-order valence-corrected chi connectivity index (χ2v) is 2.44. The Balaban J connectivity index is 2.53. The first-order valence-electron chi connectivity index (χ1n) is 3.49. The molecule has 2 aromatic heterocycles. The Hall–Kier alpha value is -1.51. The molecule has 2 heterocycles. The molecule has 0 unspecified atom stereocenters. The van der Waals surface area contributed by atoms with E-state index in [1.165, 1.54) is 5.56 Å². The summed E-state index contributed by atoms with van der Waals surface area (Å²) < 4.78 is 1.85. The van der Waals surface area contributed by atoms with Gasteiger partial charge in [0.15, 0.2) is 0 Å². The first-order chi connectivity index (χ1) is 5.38. The fraction of sp³-hybridized carbons (Fsp3) is 0.125. The molecule has 11 heavy (non-hydrogen) atoms. The predicted molar refractivity (Wildman–Crippen MR) is 43.0 cm³/mol. The maximum absolute atomic E-state index is 4.08. The zero-order valence-corrected chi connectivity index (χ0v) is 6.28. The molecule has 0 aliphatic rings. The van der Waals surface area contributed by atoms with Crippen molar-refractivity contribution in [2.24, 2.45) is 7.05 Å². The third kappa shape index (κ3) is 0.941. The summed E-state index contributed by atoms with van der Waals surface area (Å²) in [5, 5.41) is 4.08. The number of nitrogens with one attached hydrogen (secondary N) is 1. The lowest BCUT2D eigenvalue weighted by Gasteiger charge is -1.95. The van der Waals surface area contributed by atoms with E-state index in [9.17, 15) is 0 Å². The maximum atomic E-state index is 4.08. The van der Waals surface area contributed by atoms with Gasteiger partial charge in [0, 0.05) is 31.2 Å². The third-order valence-corrected chi connectivity index (χ3v) is 1.71. The molecule has 0 spiro atoms. The van der Waals surface area contributed by atoms with E-state index in [1.807, 2.05) is 36.3 Å². The van der Waals surface area contributed by atoms with Crippen molar-refractivity contribution in [1.29, 1.82) is 0 Å². The summed E-state index contributed by atoms with van der Waals surface area (Å²) in [6.45, 7) is 0. The van der Waals surface area contributed by atoms with Gasteiger partial charge in [-0.3, -0.25) is 4.68 Å². The van der Waals surface area contributed by atoms with Gasteiger partial charge in [0.05, 0.1) is 5.69 Å². The molecular weight excluding hydrogens is 138 g/mol. The Labute approximate surface area is 64.7 Å². The number of nitrogens with zero attached hydrogens (tertiary/aromatic N) is 2. The topological polar surface area (TPSA) is 33.6 Å². The van der Waals surface area contributed by atoms with Gasteiger partial charge in [0.2, 0.25) is 0 Å². The smallest absolute Gasteiger partial charge is 0.0694 e. The molecule has 0 radical (unpaired) electrons. The molecule has 1 N–H and O–H groups in total. The van der Waals surface area contributed by atoms with Gasteiger partial charge < -0.3 is 4.98 Å². The summed E-state index contributed by atoms with van der Waals surface area (Å²) in [6, 6.07) is 4.01. The molecule has 0 fully saturated rings. The Morgan fingerprint density at radius 2 is 2.36 bits per heavy atom. The van der Waals surface area contributed by atoms with Crippen molar-refractivity contribution in [1.82, 2.24) is 14.8 Å². The summed E-state index contributed by atoms with van der Waals surface area (Å²) in [5.74, 6) is 0. The molecule has 56 valence electrons. The summed E-state index contributed by atoms with van der Waals surface area (Å²) in [6.07, 6.45) is 5.65. The molecule has 0 aliphatic carbocycles. The van der Waals surface area contributed by atoms with Crippen LogP contribution >= 0.6 is 0 Å². The zero-order valence-electron chi connectivity index (χ0n) is 6.28. The highest BCUT2D eigenvalue weighted by molar-refractivity contribution is 5.57. The minimum atomic E-state index is 1.13. The quantitative estimate of drug-likeness (QED) is 0.650. The van der Waals surface area contributed by atoms with Crippen LogP contribution in [0.3, 0.4) is 0 Å². The van der Waals surface area contributed by atoms with Crippen molar-refractivity contribution in [2.45, 2.75) is 0 Å². The van der Waals surface area contributed by atoms with Crippen LogP contribution in [0.4, 0.5) is 0 Å². The van der Waals surface area contributed by atoms with Crippen LogP contribution in [0.25, 0.3) is 11.3 Å². The minimum absolute atomic E-state index is 1.13. The van der Waals surface area contributed by atoms with Crippen LogP contribution in [0.5, 0.6) is 0 Å². The number of aromatic nitrogens is 3. The monoisotopic (exact) mass is 147 g/mol. The van der Waals surface area contributed by atoms with Crippen LogP contribution in [0.1, 0.15) is 0 Å². The number of hydrogen-bond acceptors (Lipinski definition) is 1. The summed E-state index contributed by atoms with van der Waals surface area (Å²) in [7, 11) is 1.93. The van der Waals surface area contributed by atoms with E-state index >= 15 is 0 Å². The number of aryl methyl sites for hydroxylation is 1. The second-order valence-electron chi connectivity index (χ2n) is 2.44. The average molecular weight is 147 g/mol. The van der Waals surface area contributed by atoms with Gasteiger partial charge in [0.25, 0.3) is 0 Å². The molecule has 2 rings (SSSR count). The molecule has 0 bridgehead atoms. The van der Waals surface area contributed by atoms with Crippen LogP contribution in [0.2, 0.25) is 0 Å². The second kappa shape index (κ2) is 2.27. The van der Waals surface area contributed by atoms with E-state index < -0.39 is 0 Å². The SMILES string of the molecule is Cn1nccc1-c1cc[nH]c1. The molecule has 0 aromatic carbocycles. The van der Waals surface area contributed by atoms with E-state index in [-0.39, 0.29) is 0 Å². The van der Waals surface area contributed by atoms with Gasteiger partial charge in [0.1, 0.15) is 0 Å². The Kier molecular flexibility index (Phi) is 1.28. The number of H-pyrrole nitrogens is 1. The molecule has 0 atom stereocenters. The van der Waals surface area contributed by atoms with Gasteiger partial charge >= 0.3 is 0 Å². The normalized spacial score (nSPS) is 10.3. The van der Waals surface area contributed by atoms with E-state index in [1.54, 1.807) is 6.20 Å². The van der Waals surface area contributed by atoms with E-state index in [2.05, 4.69) is 10.1 Å². The Bertz CT molecular complexity index is 332. The van der Waals surface area contributed by atoms with Crippen LogP contribution in [0, 0.1) is 0 Å². The summed E-state index contributed by atoms with van der Waals surface area (Å²) >= 11 is 0. The minimum Gasteiger partial charge on any atom is -0.367 e. The molecule has 0 saturated heterocycles. The summed E-state index contributed by atoms with van der Waals surface area (Å²) in [5.41, 5.74) is 2.30. The number of aromatic amines is 1. The largest absolute Gasteiger partial charge is 0.367 e. The van der Waals surface area contributed by atoms with E-state index in [0.717, 1.165) is 5.69 Å². The molecular formula is C8H9N3. The molecule has 2 aromatic rings. The van der Waals surface area contributed by atoms with Gasteiger partial charge in [-0.2, -0.15) is 5.10 Å². The molecule has 3 nitrogen and oxygen atoms in total. The van der Waals surface area contributed by atoms with Gasteiger partial charge in [-0.15, -0.1) is 0 Å². The third-order valence-electron chi connectivity index (χ3n) is 1.71. The van der Waals surface area contributed by atoms with Gasteiger partial charge in [-0.1, -0.05) is 0 Å². The summed E-state index contributed by atoms with van der Waals surface area (Å²) in [4.78, 5) is 3.00. The number of rotatable bonds is 1. The highest BCUT2D eigenvalue weighted by atomic mass is 15.3. The van der Waals surface area contributed by atoms with Gasteiger partial charge in [-0.25, -0.2) is 0 Å². The van der Waals surface area contributed by atoms with Crippen LogP contribution in [-0.4, -0.2) is 14.8 Å². The molecule has 0 amide bonds.